The van der Waals surface area contributed by atoms with Gasteiger partial charge >= 0.3 is 0 Å². The van der Waals surface area contributed by atoms with Crippen LogP contribution in [0, 0.1) is 18.6 Å². The van der Waals surface area contributed by atoms with E-state index in [-0.39, 0.29) is 40.7 Å². The van der Waals surface area contributed by atoms with E-state index < -0.39 is 11.6 Å². The summed E-state index contributed by atoms with van der Waals surface area (Å²) in [7, 11) is 0. The smallest absolute Gasteiger partial charge is 0.253 e. The van der Waals surface area contributed by atoms with Crippen LogP contribution in [0.2, 0.25) is 0 Å². The first-order chi connectivity index (χ1) is 18.7. The van der Waals surface area contributed by atoms with Crippen LogP contribution in [-0.4, -0.2) is 61.0 Å². The molecule has 0 atom stereocenters. The number of fused-ring (bicyclic) bond motifs is 1. The molecule has 1 aliphatic heterocycles. The van der Waals surface area contributed by atoms with Crippen LogP contribution in [0.1, 0.15) is 55.8 Å². The van der Waals surface area contributed by atoms with Gasteiger partial charge in [0.25, 0.3) is 5.91 Å². The number of carbonyl (C=O) groups excluding carboxylic acids is 1. The number of carbonyl (C=O) groups is 1. The minimum absolute atomic E-state index is 0.0438. The zero-order valence-corrected chi connectivity index (χ0v) is 22.5. The molecule has 1 aromatic carbocycles. The molecular weight excluding hydrogens is 502 g/mol. The zero-order chi connectivity index (χ0) is 27.7. The van der Waals surface area contributed by atoms with Crippen molar-refractivity contribution in [3.05, 3.63) is 59.7 Å². The van der Waals surface area contributed by atoms with Gasteiger partial charge in [0.15, 0.2) is 11.6 Å². The third-order valence-corrected chi connectivity index (χ3v) is 7.09. The molecule has 1 amide bonds. The minimum atomic E-state index is -0.684. The van der Waals surface area contributed by atoms with Gasteiger partial charge < -0.3 is 20.1 Å². The summed E-state index contributed by atoms with van der Waals surface area (Å²) < 4.78 is 31.7. The first-order valence-electron chi connectivity index (χ1n) is 13.2. The molecule has 0 saturated carbocycles. The average Bonchev–Trinajstić information content (AvgIpc) is 3.27. The normalized spacial score (nSPS) is 14.7. The molecule has 5 rings (SSSR count). The van der Waals surface area contributed by atoms with E-state index in [9.17, 15) is 13.6 Å². The number of imidazole rings is 1. The first-order valence-corrected chi connectivity index (χ1v) is 13.2. The number of benzene rings is 1. The number of pyridine rings is 1. The number of rotatable bonds is 7. The van der Waals surface area contributed by atoms with Crippen LogP contribution in [0.5, 0.6) is 0 Å². The van der Waals surface area contributed by atoms with Gasteiger partial charge in [-0.1, -0.05) is 6.92 Å². The molecule has 1 fully saturated rings. The minimum Gasteiger partial charge on any atom is -0.349 e. The summed E-state index contributed by atoms with van der Waals surface area (Å²) in [5.41, 5.74) is 1.47. The Balaban J connectivity index is 1.33. The summed E-state index contributed by atoms with van der Waals surface area (Å²) >= 11 is 0. The van der Waals surface area contributed by atoms with Gasteiger partial charge in [0, 0.05) is 36.9 Å². The number of halogens is 2. The standard InChI is InChI=1S/C28H32F2N8O/c1-5-37-10-8-20(9-11-37)34-27(39)18-6-7-24(31-14-18)35-28-32-15-22(30)25(36-28)19-12-21(29)26-23(13-19)38(16(2)3)17(4)33-26/h6-7,12-16,20H,5,8-11H2,1-4H3,(H,34,39)(H,31,32,35,36). The van der Waals surface area contributed by atoms with Gasteiger partial charge in [-0.05, 0) is 64.4 Å². The molecule has 0 spiro atoms. The van der Waals surface area contributed by atoms with Gasteiger partial charge in [0.05, 0.1) is 17.3 Å². The highest BCUT2D eigenvalue weighted by atomic mass is 19.1. The summed E-state index contributed by atoms with van der Waals surface area (Å²) in [5, 5.41) is 6.02. The van der Waals surface area contributed by atoms with Gasteiger partial charge in [-0.25, -0.2) is 28.7 Å². The number of nitrogens with zero attached hydrogens (tertiary/aromatic N) is 6. The fourth-order valence-corrected chi connectivity index (χ4v) is 5.07. The number of hydrogen-bond acceptors (Lipinski definition) is 7. The Labute approximate surface area is 225 Å². The lowest BCUT2D eigenvalue weighted by atomic mass is 10.0. The van der Waals surface area contributed by atoms with Crippen LogP contribution in [-0.2, 0) is 0 Å². The molecule has 1 saturated heterocycles. The molecular formula is C28H32F2N8O. The van der Waals surface area contributed by atoms with Crippen molar-refractivity contribution < 1.29 is 13.6 Å². The number of aromatic nitrogens is 5. The predicted octanol–water partition coefficient (Wildman–Crippen LogP) is 5.01. The van der Waals surface area contributed by atoms with Crippen LogP contribution < -0.4 is 10.6 Å². The molecule has 0 bridgehead atoms. The summed E-state index contributed by atoms with van der Waals surface area (Å²) in [6.45, 7) is 10.9. The maximum Gasteiger partial charge on any atom is 0.253 e. The summed E-state index contributed by atoms with van der Waals surface area (Å²) in [5.74, 6) is -0.257. The third-order valence-electron chi connectivity index (χ3n) is 7.09. The number of anilines is 2. The maximum atomic E-state index is 15.0. The highest BCUT2D eigenvalue weighted by Gasteiger charge is 2.21. The second-order valence-electron chi connectivity index (χ2n) is 10.1. The molecule has 0 radical (unpaired) electrons. The second kappa shape index (κ2) is 11.0. The van der Waals surface area contributed by atoms with E-state index in [1.165, 1.54) is 12.3 Å². The van der Waals surface area contributed by atoms with Crippen molar-refractivity contribution in [2.45, 2.75) is 52.6 Å². The number of aryl methyl sites for hydroxylation is 1. The first kappa shape index (κ1) is 26.6. The van der Waals surface area contributed by atoms with Gasteiger partial charge in [-0.3, -0.25) is 4.79 Å². The molecule has 4 heterocycles. The van der Waals surface area contributed by atoms with Crippen LogP contribution in [0.4, 0.5) is 20.5 Å². The topological polar surface area (TPSA) is 101 Å². The van der Waals surface area contributed by atoms with Crippen molar-refractivity contribution >= 4 is 28.7 Å². The van der Waals surface area contributed by atoms with E-state index in [0.29, 0.717) is 22.7 Å². The molecule has 39 heavy (non-hydrogen) atoms. The third kappa shape index (κ3) is 5.58. The van der Waals surface area contributed by atoms with E-state index >= 15 is 0 Å². The number of hydrogen-bond donors (Lipinski definition) is 2. The largest absolute Gasteiger partial charge is 0.349 e. The number of piperidine rings is 1. The van der Waals surface area contributed by atoms with E-state index in [4.69, 9.17) is 0 Å². The predicted molar refractivity (Wildman–Crippen MR) is 146 cm³/mol. The lowest BCUT2D eigenvalue weighted by Gasteiger charge is -2.31. The van der Waals surface area contributed by atoms with Crippen molar-refractivity contribution in [3.8, 4) is 11.3 Å². The Morgan fingerprint density at radius 2 is 1.85 bits per heavy atom. The Bertz CT molecular complexity index is 1490. The number of likely N-dealkylation sites (tertiary alicyclic amines) is 1. The summed E-state index contributed by atoms with van der Waals surface area (Å²) in [4.78, 5) is 32.0. The fourth-order valence-electron chi connectivity index (χ4n) is 5.07. The lowest BCUT2D eigenvalue weighted by molar-refractivity contribution is 0.0912. The van der Waals surface area contributed by atoms with Crippen LogP contribution in [0.3, 0.4) is 0 Å². The highest BCUT2D eigenvalue weighted by molar-refractivity contribution is 5.94. The molecule has 9 nitrogen and oxygen atoms in total. The fraction of sp³-hybridized carbons (Fsp3) is 0.393. The summed E-state index contributed by atoms with van der Waals surface area (Å²) in [6, 6.07) is 6.40. The van der Waals surface area contributed by atoms with E-state index in [2.05, 4.69) is 42.4 Å². The monoisotopic (exact) mass is 534 g/mol. The Morgan fingerprint density at radius 3 is 2.51 bits per heavy atom. The van der Waals surface area contributed by atoms with Gasteiger partial charge in [-0.2, -0.15) is 0 Å². The molecule has 3 aromatic heterocycles. The average molecular weight is 535 g/mol. The van der Waals surface area contributed by atoms with Crippen molar-refractivity contribution in [1.29, 1.82) is 0 Å². The van der Waals surface area contributed by atoms with Crippen molar-refractivity contribution in [2.75, 3.05) is 25.0 Å². The van der Waals surface area contributed by atoms with Crippen molar-refractivity contribution in [1.82, 2.24) is 34.7 Å². The van der Waals surface area contributed by atoms with E-state index in [1.54, 1.807) is 18.2 Å². The molecule has 2 N–H and O–H groups in total. The SMILES string of the molecule is CCN1CCC(NC(=O)c2ccc(Nc3ncc(F)c(-c4cc(F)c5nc(C)n(C(C)C)c5c4)n3)nc2)CC1. The Hall–Kier alpha value is -3.99. The zero-order valence-electron chi connectivity index (χ0n) is 22.5. The van der Waals surface area contributed by atoms with Crippen LogP contribution in [0.25, 0.3) is 22.3 Å². The van der Waals surface area contributed by atoms with Crippen LogP contribution >= 0.6 is 0 Å². The van der Waals surface area contributed by atoms with Gasteiger partial charge in [0.2, 0.25) is 5.95 Å². The van der Waals surface area contributed by atoms with Crippen LogP contribution in [0.15, 0.2) is 36.7 Å². The lowest BCUT2D eigenvalue weighted by Crippen LogP contribution is -2.44. The van der Waals surface area contributed by atoms with E-state index in [0.717, 1.165) is 38.7 Å². The maximum absolute atomic E-state index is 15.0. The van der Waals surface area contributed by atoms with Crippen molar-refractivity contribution in [2.24, 2.45) is 0 Å². The molecule has 4 aromatic rings. The highest BCUT2D eigenvalue weighted by Crippen LogP contribution is 2.30. The number of nitrogens with one attached hydrogen (secondary N) is 2. The van der Waals surface area contributed by atoms with Crippen molar-refractivity contribution in [3.63, 3.8) is 0 Å². The van der Waals surface area contributed by atoms with E-state index in [1.807, 2.05) is 25.3 Å². The Morgan fingerprint density at radius 1 is 1.08 bits per heavy atom. The molecule has 0 unspecified atom stereocenters. The summed E-state index contributed by atoms with van der Waals surface area (Å²) in [6.07, 6.45) is 4.35. The molecule has 0 aliphatic carbocycles. The molecule has 204 valence electrons. The van der Waals surface area contributed by atoms with Gasteiger partial charge in [0.1, 0.15) is 22.9 Å². The van der Waals surface area contributed by atoms with Gasteiger partial charge in [-0.15, -0.1) is 0 Å². The molecule has 11 heteroatoms. The number of amides is 1. The quantitative estimate of drug-likeness (QED) is 0.344. The second-order valence-corrected chi connectivity index (χ2v) is 10.1. The Kier molecular flexibility index (Phi) is 7.51. The molecule has 1 aliphatic rings.